The van der Waals surface area contributed by atoms with Gasteiger partial charge in [0.15, 0.2) is 17.1 Å². The van der Waals surface area contributed by atoms with E-state index in [1.807, 2.05) is 11.5 Å². The number of amides is 1. The van der Waals surface area contributed by atoms with Crippen LogP contribution in [0.5, 0.6) is 5.75 Å². The Bertz CT molecular complexity index is 1140. The first-order chi connectivity index (χ1) is 15.3. The number of nitrogens with zero attached hydrogens (tertiary/aromatic N) is 3. The molecular formula is C21H18Cl4N4O2S. The molecule has 0 fully saturated rings. The number of aromatic nitrogens is 3. The highest BCUT2D eigenvalue weighted by Crippen LogP contribution is 2.32. The third kappa shape index (κ3) is 6.33. The molecule has 168 valence electrons. The fourth-order valence-electron chi connectivity index (χ4n) is 2.72. The van der Waals surface area contributed by atoms with Crippen LogP contribution < -0.4 is 10.1 Å². The number of halogens is 4. The van der Waals surface area contributed by atoms with Crippen molar-refractivity contribution in [2.24, 2.45) is 0 Å². The third-order valence-electron chi connectivity index (χ3n) is 4.15. The first-order valence-electron chi connectivity index (χ1n) is 9.32. The maximum Gasteiger partial charge on any atom is 0.234 e. The molecule has 3 rings (SSSR count). The zero-order valence-corrected chi connectivity index (χ0v) is 20.7. The average Bonchev–Trinajstić information content (AvgIpc) is 3.15. The smallest absolute Gasteiger partial charge is 0.234 e. The standard InChI is InChI=1S/C21H18Cl4N4O2S/c1-3-8-29-20(12(2)31-18-9-13(22)4-6-16(18)24)27-28-21(29)32-11-19(30)26-14-5-7-15(23)17(25)10-14/h3-7,9-10,12H,1,8,11H2,2H3,(H,26,30). The van der Waals surface area contributed by atoms with E-state index in [0.29, 0.717) is 49.1 Å². The number of hydrogen-bond acceptors (Lipinski definition) is 5. The predicted octanol–water partition coefficient (Wildman–Crippen LogP) is 6.95. The first-order valence-corrected chi connectivity index (χ1v) is 11.8. The molecule has 0 spiro atoms. The Morgan fingerprint density at radius 3 is 2.62 bits per heavy atom. The molecule has 1 unspecified atom stereocenters. The van der Waals surface area contributed by atoms with Crippen LogP contribution in [0.25, 0.3) is 0 Å². The van der Waals surface area contributed by atoms with Crippen LogP contribution in [0.4, 0.5) is 5.69 Å². The summed E-state index contributed by atoms with van der Waals surface area (Å²) in [6, 6.07) is 9.86. The molecule has 1 heterocycles. The predicted molar refractivity (Wildman–Crippen MR) is 132 cm³/mol. The van der Waals surface area contributed by atoms with E-state index in [-0.39, 0.29) is 11.7 Å². The lowest BCUT2D eigenvalue weighted by molar-refractivity contribution is -0.113. The molecule has 1 N–H and O–H groups in total. The van der Waals surface area contributed by atoms with E-state index in [1.165, 1.54) is 11.8 Å². The molecule has 32 heavy (non-hydrogen) atoms. The Morgan fingerprint density at radius 2 is 1.91 bits per heavy atom. The second-order valence-corrected chi connectivity index (χ2v) is 9.14. The normalized spacial score (nSPS) is 11.8. The lowest BCUT2D eigenvalue weighted by Crippen LogP contribution is -2.15. The fraction of sp³-hybridized carbons (Fsp3) is 0.190. The summed E-state index contributed by atoms with van der Waals surface area (Å²) in [7, 11) is 0. The van der Waals surface area contributed by atoms with Crippen LogP contribution in [-0.2, 0) is 11.3 Å². The highest BCUT2D eigenvalue weighted by atomic mass is 35.5. The number of ether oxygens (including phenoxy) is 1. The van der Waals surface area contributed by atoms with Crippen LogP contribution in [-0.4, -0.2) is 26.4 Å². The molecule has 1 atom stereocenters. The quantitative estimate of drug-likeness (QED) is 0.239. The van der Waals surface area contributed by atoms with Gasteiger partial charge in [-0.3, -0.25) is 9.36 Å². The topological polar surface area (TPSA) is 69.0 Å². The largest absolute Gasteiger partial charge is 0.481 e. The Labute approximate surface area is 209 Å². The molecule has 11 heteroatoms. The number of thioether (sulfide) groups is 1. The van der Waals surface area contributed by atoms with Crippen LogP contribution >= 0.6 is 58.2 Å². The minimum atomic E-state index is -0.474. The first kappa shape index (κ1) is 24.7. The number of allylic oxidation sites excluding steroid dienone is 1. The van der Waals surface area contributed by atoms with Gasteiger partial charge in [-0.05, 0) is 37.3 Å². The molecule has 0 aliphatic heterocycles. The Balaban J connectivity index is 1.69. The molecule has 3 aromatic rings. The lowest BCUT2D eigenvalue weighted by atomic mass is 10.3. The molecule has 1 aromatic heterocycles. The Hall–Kier alpha value is -1.90. The zero-order valence-electron chi connectivity index (χ0n) is 16.8. The SMILES string of the molecule is C=CCn1c(SCC(=O)Nc2ccc(Cl)c(Cl)c2)nnc1C(C)Oc1cc(Cl)ccc1Cl. The number of rotatable bonds is 9. The van der Waals surface area contributed by atoms with Crippen molar-refractivity contribution >= 4 is 69.8 Å². The summed E-state index contributed by atoms with van der Waals surface area (Å²) in [5, 5.41) is 13.5. The fourth-order valence-corrected chi connectivity index (χ4v) is 4.10. The van der Waals surface area contributed by atoms with E-state index in [9.17, 15) is 4.79 Å². The summed E-state index contributed by atoms with van der Waals surface area (Å²) in [5.74, 6) is 0.895. The van der Waals surface area contributed by atoms with Crippen molar-refractivity contribution in [1.82, 2.24) is 14.8 Å². The minimum absolute atomic E-state index is 0.116. The highest BCUT2D eigenvalue weighted by Gasteiger charge is 2.21. The van der Waals surface area contributed by atoms with Crippen molar-refractivity contribution < 1.29 is 9.53 Å². The molecular weight excluding hydrogens is 514 g/mol. The van der Waals surface area contributed by atoms with Crippen molar-refractivity contribution in [1.29, 1.82) is 0 Å². The van der Waals surface area contributed by atoms with Crippen molar-refractivity contribution in [2.45, 2.75) is 24.7 Å². The van der Waals surface area contributed by atoms with Gasteiger partial charge < -0.3 is 10.1 Å². The summed E-state index contributed by atoms with van der Waals surface area (Å²) in [6.07, 6.45) is 1.24. The van der Waals surface area contributed by atoms with Gasteiger partial charge in [-0.1, -0.05) is 64.2 Å². The van der Waals surface area contributed by atoms with E-state index >= 15 is 0 Å². The van der Waals surface area contributed by atoms with Gasteiger partial charge in [0, 0.05) is 23.3 Å². The number of nitrogens with one attached hydrogen (secondary N) is 1. The summed E-state index contributed by atoms with van der Waals surface area (Å²) in [6.45, 7) is 6.05. The summed E-state index contributed by atoms with van der Waals surface area (Å²) in [4.78, 5) is 12.4. The average molecular weight is 532 g/mol. The highest BCUT2D eigenvalue weighted by molar-refractivity contribution is 7.99. The van der Waals surface area contributed by atoms with Gasteiger partial charge in [-0.25, -0.2) is 0 Å². The van der Waals surface area contributed by atoms with Gasteiger partial charge in [0.05, 0.1) is 20.8 Å². The number of hydrogen-bond donors (Lipinski definition) is 1. The van der Waals surface area contributed by atoms with Gasteiger partial charge >= 0.3 is 0 Å². The molecule has 0 saturated carbocycles. The van der Waals surface area contributed by atoms with Crippen molar-refractivity contribution in [3.8, 4) is 5.75 Å². The molecule has 0 aliphatic carbocycles. The number of anilines is 1. The number of carbonyl (C=O) groups excluding carboxylic acids is 1. The van der Waals surface area contributed by atoms with Gasteiger partial charge in [-0.15, -0.1) is 16.8 Å². The molecule has 6 nitrogen and oxygen atoms in total. The summed E-state index contributed by atoms with van der Waals surface area (Å²) in [5.41, 5.74) is 0.554. The van der Waals surface area contributed by atoms with Crippen molar-refractivity contribution in [3.05, 3.63) is 75.0 Å². The van der Waals surface area contributed by atoms with E-state index in [2.05, 4.69) is 22.1 Å². The van der Waals surface area contributed by atoms with Crippen LogP contribution in [0.3, 0.4) is 0 Å². The molecule has 0 aliphatic rings. The minimum Gasteiger partial charge on any atom is -0.481 e. The maximum atomic E-state index is 12.4. The van der Waals surface area contributed by atoms with E-state index in [1.54, 1.807) is 42.5 Å². The van der Waals surface area contributed by atoms with Crippen LogP contribution in [0.15, 0.2) is 54.2 Å². The molecule has 0 radical (unpaired) electrons. The molecule has 2 aromatic carbocycles. The second kappa shape index (κ2) is 11.3. The van der Waals surface area contributed by atoms with Gasteiger partial charge in [0.1, 0.15) is 5.75 Å². The lowest BCUT2D eigenvalue weighted by Gasteiger charge is -2.16. The number of benzene rings is 2. The molecule has 0 saturated heterocycles. The molecule has 1 amide bonds. The number of carbonyl (C=O) groups is 1. The van der Waals surface area contributed by atoms with Crippen molar-refractivity contribution in [3.63, 3.8) is 0 Å². The summed E-state index contributed by atoms with van der Waals surface area (Å²) >= 11 is 25.4. The van der Waals surface area contributed by atoms with Crippen molar-refractivity contribution in [2.75, 3.05) is 11.1 Å². The van der Waals surface area contributed by atoms with Crippen LogP contribution in [0.1, 0.15) is 18.9 Å². The summed E-state index contributed by atoms with van der Waals surface area (Å²) < 4.78 is 7.78. The van der Waals surface area contributed by atoms with Gasteiger partial charge in [0.2, 0.25) is 5.91 Å². The van der Waals surface area contributed by atoms with Gasteiger partial charge in [0.25, 0.3) is 0 Å². The monoisotopic (exact) mass is 530 g/mol. The van der Waals surface area contributed by atoms with Crippen LogP contribution in [0, 0.1) is 0 Å². The van der Waals surface area contributed by atoms with E-state index in [4.69, 9.17) is 51.1 Å². The Kier molecular flexibility index (Phi) is 8.73. The van der Waals surface area contributed by atoms with E-state index in [0.717, 1.165) is 0 Å². The zero-order chi connectivity index (χ0) is 23.3. The van der Waals surface area contributed by atoms with E-state index < -0.39 is 6.10 Å². The van der Waals surface area contributed by atoms with Gasteiger partial charge in [-0.2, -0.15) is 0 Å². The van der Waals surface area contributed by atoms with Crippen LogP contribution in [0.2, 0.25) is 20.1 Å². The third-order valence-corrected chi connectivity index (χ3v) is 6.41. The Morgan fingerprint density at radius 1 is 1.16 bits per heavy atom. The maximum absolute atomic E-state index is 12.4. The second-order valence-electron chi connectivity index (χ2n) is 6.54. The molecule has 0 bridgehead atoms.